The van der Waals surface area contributed by atoms with Crippen molar-refractivity contribution in [3.8, 4) is 0 Å². The molecule has 0 aliphatic carbocycles. The van der Waals surface area contributed by atoms with Crippen molar-refractivity contribution in [1.82, 2.24) is 9.80 Å². The summed E-state index contributed by atoms with van der Waals surface area (Å²) in [6.07, 6.45) is 17.0. The Kier molecular flexibility index (Phi) is 20.1. The van der Waals surface area contributed by atoms with Crippen LogP contribution in [0.2, 0.25) is 0 Å². The Morgan fingerprint density at radius 2 is 0.938 bits per heavy atom. The van der Waals surface area contributed by atoms with E-state index in [-0.39, 0.29) is 5.54 Å². The summed E-state index contributed by atoms with van der Waals surface area (Å²) in [5.41, 5.74) is 12.9. The highest BCUT2D eigenvalue weighted by Gasteiger charge is 2.26. The van der Waals surface area contributed by atoms with Crippen molar-refractivity contribution in [2.24, 2.45) is 11.5 Å². The number of hydrogen-bond donors (Lipinski definition) is 2. The molecule has 32 heavy (non-hydrogen) atoms. The molecule has 0 bridgehead atoms. The van der Waals surface area contributed by atoms with Crippen LogP contribution in [0.3, 0.4) is 0 Å². The molecule has 0 radical (unpaired) electrons. The van der Waals surface area contributed by atoms with E-state index in [0.717, 1.165) is 44.3 Å². The third-order valence-corrected chi connectivity index (χ3v) is 7.32. The maximum Gasteiger partial charge on any atom is 0.0154 e. The van der Waals surface area contributed by atoms with Crippen LogP contribution in [0.25, 0.3) is 0 Å². The first kappa shape index (κ1) is 31.8. The summed E-state index contributed by atoms with van der Waals surface area (Å²) in [6, 6.07) is 1.43. The summed E-state index contributed by atoms with van der Waals surface area (Å²) in [7, 11) is 0. The molecule has 4 heteroatoms. The molecule has 0 rings (SSSR count). The lowest BCUT2D eigenvalue weighted by atomic mass is 9.82. The molecular formula is C28H62N4. The van der Waals surface area contributed by atoms with Gasteiger partial charge in [-0.05, 0) is 110 Å². The van der Waals surface area contributed by atoms with Crippen LogP contribution in [0.15, 0.2) is 0 Å². The molecule has 0 saturated carbocycles. The molecule has 0 fully saturated rings. The molecule has 2 unspecified atom stereocenters. The van der Waals surface area contributed by atoms with Crippen LogP contribution < -0.4 is 11.5 Å². The van der Waals surface area contributed by atoms with Gasteiger partial charge in [0.25, 0.3) is 0 Å². The molecule has 0 aromatic heterocycles. The lowest BCUT2D eigenvalue weighted by Crippen LogP contribution is -2.42. The number of nitrogens with two attached hydrogens (primary N) is 2. The average molecular weight is 455 g/mol. The minimum absolute atomic E-state index is 0.0311. The van der Waals surface area contributed by atoms with Crippen molar-refractivity contribution in [3.05, 3.63) is 0 Å². The maximum atomic E-state index is 7.04. The van der Waals surface area contributed by atoms with Crippen molar-refractivity contribution < 1.29 is 0 Å². The van der Waals surface area contributed by atoms with Crippen LogP contribution in [0, 0.1) is 0 Å². The van der Waals surface area contributed by atoms with E-state index >= 15 is 0 Å². The predicted molar refractivity (Wildman–Crippen MR) is 145 cm³/mol. The molecule has 0 saturated heterocycles. The summed E-state index contributed by atoms with van der Waals surface area (Å²) in [5.74, 6) is 0. The standard InChI is InChI=1S/C28H62N4/c1-7-22-31(23-8-2)26(11-5)16-13-18-28(30,20-15-21-29)19-14-17-27(12-6)32(24-9-3)25-10-4/h26-27H,7-25,29-30H2,1-6H3. The van der Waals surface area contributed by atoms with Crippen LogP contribution in [0.4, 0.5) is 0 Å². The Bertz CT molecular complexity index is 359. The van der Waals surface area contributed by atoms with E-state index in [0.29, 0.717) is 0 Å². The van der Waals surface area contributed by atoms with Crippen LogP contribution in [-0.4, -0.2) is 60.1 Å². The second-order valence-corrected chi connectivity index (χ2v) is 10.2. The summed E-state index contributed by atoms with van der Waals surface area (Å²) in [5, 5.41) is 0. The van der Waals surface area contributed by atoms with Crippen molar-refractivity contribution in [2.75, 3.05) is 32.7 Å². The Balaban J connectivity index is 4.84. The lowest BCUT2D eigenvalue weighted by molar-refractivity contribution is 0.167. The fraction of sp³-hybridized carbons (Fsp3) is 1.00. The van der Waals surface area contributed by atoms with Crippen molar-refractivity contribution in [3.63, 3.8) is 0 Å². The maximum absolute atomic E-state index is 7.04. The second-order valence-electron chi connectivity index (χ2n) is 10.2. The average Bonchev–Trinajstić information content (AvgIpc) is 2.78. The van der Waals surface area contributed by atoms with E-state index in [9.17, 15) is 0 Å². The van der Waals surface area contributed by atoms with Gasteiger partial charge in [-0.15, -0.1) is 0 Å². The Morgan fingerprint density at radius 1 is 0.594 bits per heavy atom. The minimum atomic E-state index is -0.0311. The fourth-order valence-electron chi connectivity index (χ4n) is 5.60. The summed E-state index contributed by atoms with van der Waals surface area (Å²) < 4.78 is 0. The van der Waals surface area contributed by atoms with Gasteiger partial charge in [0.05, 0.1) is 0 Å². The van der Waals surface area contributed by atoms with Crippen LogP contribution in [0.5, 0.6) is 0 Å². The molecular weight excluding hydrogens is 392 g/mol. The zero-order chi connectivity index (χ0) is 24.2. The zero-order valence-electron chi connectivity index (χ0n) is 23.1. The van der Waals surface area contributed by atoms with Gasteiger partial charge in [0.2, 0.25) is 0 Å². The number of hydrogen-bond acceptors (Lipinski definition) is 4. The molecule has 0 aromatic carbocycles. The molecule has 0 aromatic rings. The van der Waals surface area contributed by atoms with Crippen molar-refractivity contribution in [2.45, 2.75) is 149 Å². The molecule has 0 heterocycles. The molecule has 2 atom stereocenters. The van der Waals surface area contributed by atoms with E-state index in [2.05, 4.69) is 51.3 Å². The molecule has 4 N–H and O–H groups in total. The Morgan fingerprint density at radius 3 is 1.22 bits per heavy atom. The fourth-order valence-corrected chi connectivity index (χ4v) is 5.60. The molecule has 0 aliphatic heterocycles. The Hall–Kier alpha value is -0.160. The molecule has 0 spiro atoms. The van der Waals surface area contributed by atoms with E-state index in [1.165, 1.54) is 90.4 Å². The van der Waals surface area contributed by atoms with Crippen molar-refractivity contribution >= 4 is 0 Å². The summed E-state index contributed by atoms with van der Waals surface area (Å²) in [6.45, 7) is 19.6. The van der Waals surface area contributed by atoms with Crippen LogP contribution >= 0.6 is 0 Å². The highest BCUT2D eigenvalue weighted by atomic mass is 15.2. The minimum Gasteiger partial charge on any atom is -0.330 e. The largest absolute Gasteiger partial charge is 0.330 e. The molecule has 0 amide bonds. The van der Waals surface area contributed by atoms with E-state index < -0.39 is 0 Å². The van der Waals surface area contributed by atoms with Crippen LogP contribution in [0.1, 0.15) is 131 Å². The van der Waals surface area contributed by atoms with Gasteiger partial charge in [-0.1, -0.05) is 54.4 Å². The first-order chi connectivity index (χ1) is 15.4. The third-order valence-electron chi connectivity index (χ3n) is 7.32. The molecule has 0 aliphatic rings. The van der Waals surface area contributed by atoms with Crippen LogP contribution in [-0.2, 0) is 0 Å². The van der Waals surface area contributed by atoms with Gasteiger partial charge < -0.3 is 21.3 Å². The van der Waals surface area contributed by atoms with Gasteiger partial charge >= 0.3 is 0 Å². The SMILES string of the molecule is CCCN(CCC)C(CC)CCCC(N)(CCCN)CCCC(CC)N(CCC)CCC. The first-order valence-electron chi connectivity index (χ1n) is 14.4. The topological polar surface area (TPSA) is 58.5 Å². The second kappa shape index (κ2) is 20.2. The highest BCUT2D eigenvalue weighted by Crippen LogP contribution is 2.27. The van der Waals surface area contributed by atoms with Gasteiger partial charge in [0.1, 0.15) is 0 Å². The normalized spacial score (nSPS) is 15.9. The van der Waals surface area contributed by atoms with Gasteiger partial charge in [-0.2, -0.15) is 0 Å². The summed E-state index contributed by atoms with van der Waals surface area (Å²) in [4.78, 5) is 5.44. The summed E-state index contributed by atoms with van der Waals surface area (Å²) >= 11 is 0. The number of nitrogens with zero attached hydrogens (tertiary/aromatic N) is 2. The van der Waals surface area contributed by atoms with Crippen molar-refractivity contribution in [1.29, 1.82) is 0 Å². The highest BCUT2D eigenvalue weighted by molar-refractivity contribution is 4.86. The van der Waals surface area contributed by atoms with E-state index in [4.69, 9.17) is 11.5 Å². The quantitative estimate of drug-likeness (QED) is 0.183. The van der Waals surface area contributed by atoms with E-state index in [1.54, 1.807) is 0 Å². The van der Waals surface area contributed by atoms with Gasteiger partial charge in [0.15, 0.2) is 0 Å². The van der Waals surface area contributed by atoms with Gasteiger partial charge in [-0.3, -0.25) is 0 Å². The lowest BCUT2D eigenvalue weighted by Gasteiger charge is -2.35. The Labute approximate surface area is 203 Å². The zero-order valence-corrected chi connectivity index (χ0v) is 23.1. The van der Waals surface area contributed by atoms with Gasteiger partial charge in [0, 0.05) is 17.6 Å². The molecule has 194 valence electrons. The smallest absolute Gasteiger partial charge is 0.0154 e. The van der Waals surface area contributed by atoms with E-state index in [1.807, 2.05) is 0 Å². The van der Waals surface area contributed by atoms with Gasteiger partial charge in [-0.25, -0.2) is 0 Å². The monoisotopic (exact) mass is 454 g/mol. The third kappa shape index (κ3) is 13.5. The number of rotatable bonds is 23. The molecule has 4 nitrogen and oxygen atoms in total. The predicted octanol–water partition coefficient (Wildman–Crippen LogP) is 6.56. The first-order valence-corrected chi connectivity index (χ1v) is 14.4.